The monoisotopic (exact) mass is 352 g/mol. The van der Waals surface area contributed by atoms with Crippen molar-refractivity contribution in [2.24, 2.45) is 0 Å². The number of rotatable bonds is 7. The van der Waals surface area contributed by atoms with E-state index in [1.807, 2.05) is 0 Å². The zero-order valence-electron chi connectivity index (χ0n) is 13.4. The Balaban J connectivity index is 1.94. The highest BCUT2D eigenvalue weighted by molar-refractivity contribution is 9.10. The van der Waals surface area contributed by atoms with Crippen LogP contribution >= 0.6 is 15.9 Å². The Morgan fingerprint density at radius 1 is 1.24 bits per heavy atom. The molecule has 0 bridgehead atoms. The minimum Gasteiger partial charge on any atom is -0.310 e. The number of nitrogens with zero attached hydrogens (tertiary/aromatic N) is 1. The molecule has 1 heterocycles. The molecule has 1 aromatic rings. The van der Waals surface area contributed by atoms with Crippen molar-refractivity contribution >= 4 is 15.9 Å². The van der Waals surface area contributed by atoms with E-state index >= 15 is 0 Å². The summed E-state index contributed by atoms with van der Waals surface area (Å²) in [6, 6.07) is 10.1. The van der Waals surface area contributed by atoms with Crippen molar-refractivity contribution in [1.29, 1.82) is 0 Å². The van der Waals surface area contributed by atoms with E-state index in [4.69, 9.17) is 0 Å². The molecule has 0 aromatic heterocycles. The van der Waals surface area contributed by atoms with Gasteiger partial charge in [-0.1, -0.05) is 48.3 Å². The summed E-state index contributed by atoms with van der Waals surface area (Å²) in [4.78, 5) is 2.71. The smallest absolute Gasteiger partial charge is 0.0332 e. The normalized spacial score (nSPS) is 21.4. The van der Waals surface area contributed by atoms with Crippen molar-refractivity contribution in [3.8, 4) is 0 Å². The van der Waals surface area contributed by atoms with Gasteiger partial charge in [0.1, 0.15) is 0 Å². The topological polar surface area (TPSA) is 15.3 Å². The second-order valence-electron chi connectivity index (χ2n) is 6.04. The van der Waals surface area contributed by atoms with Gasteiger partial charge in [-0.3, -0.25) is 0 Å². The molecular formula is C18H29BrN2. The summed E-state index contributed by atoms with van der Waals surface area (Å²) < 4.78 is 1.16. The van der Waals surface area contributed by atoms with Gasteiger partial charge >= 0.3 is 0 Å². The van der Waals surface area contributed by atoms with Gasteiger partial charge in [0.05, 0.1) is 0 Å². The minimum absolute atomic E-state index is 0.475. The van der Waals surface area contributed by atoms with Crippen LogP contribution in [0.1, 0.15) is 57.6 Å². The molecule has 21 heavy (non-hydrogen) atoms. The van der Waals surface area contributed by atoms with Crippen molar-refractivity contribution in [2.75, 3.05) is 19.6 Å². The van der Waals surface area contributed by atoms with Crippen molar-refractivity contribution in [1.82, 2.24) is 10.2 Å². The van der Waals surface area contributed by atoms with Crippen LogP contribution in [0.15, 0.2) is 28.7 Å². The number of likely N-dealkylation sites (tertiary alicyclic amines) is 1. The average molecular weight is 353 g/mol. The van der Waals surface area contributed by atoms with E-state index < -0.39 is 0 Å². The van der Waals surface area contributed by atoms with Gasteiger partial charge in [-0.15, -0.1) is 0 Å². The molecule has 2 nitrogen and oxygen atoms in total. The standard InChI is InChI=1S/C18H29BrN2/c1-3-17-7-5-6-13-21(17)14-12-18(20-4-2)15-8-10-16(19)11-9-15/h8-11,17-18,20H,3-7,12-14H2,1-2H3. The zero-order valence-corrected chi connectivity index (χ0v) is 15.0. The molecule has 1 fully saturated rings. The number of piperidine rings is 1. The van der Waals surface area contributed by atoms with Gasteiger partial charge in [0.25, 0.3) is 0 Å². The predicted molar refractivity (Wildman–Crippen MR) is 94.7 cm³/mol. The molecule has 118 valence electrons. The fourth-order valence-corrected chi connectivity index (χ4v) is 3.70. The van der Waals surface area contributed by atoms with E-state index in [9.17, 15) is 0 Å². The molecule has 3 heteroatoms. The molecule has 1 N–H and O–H groups in total. The van der Waals surface area contributed by atoms with Crippen LogP contribution < -0.4 is 5.32 Å². The summed E-state index contributed by atoms with van der Waals surface area (Å²) in [6.45, 7) is 8.06. The Hall–Kier alpha value is -0.380. The Morgan fingerprint density at radius 2 is 2.00 bits per heavy atom. The number of hydrogen-bond acceptors (Lipinski definition) is 2. The number of halogens is 1. The molecule has 1 aliphatic rings. The first-order valence-electron chi connectivity index (χ1n) is 8.47. The minimum atomic E-state index is 0.475. The fraction of sp³-hybridized carbons (Fsp3) is 0.667. The average Bonchev–Trinajstić information content (AvgIpc) is 2.52. The lowest BCUT2D eigenvalue weighted by atomic mass is 9.98. The molecule has 0 saturated carbocycles. The van der Waals surface area contributed by atoms with E-state index in [0.717, 1.165) is 17.1 Å². The third kappa shape index (κ3) is 5.08. The van der Waals surface area contributed by atoms with Crippen LogP contribution in [0.2, 0.25) is 0 Å². The molecule has 1 aliphatic heterocycles. The molecule has 0 aliphatic carbocycles. The molecule has 2 rings (SSSR count). The van der Waals surface area contributed by atoms with Gasteiger partial charge < -0.3 is 10.2 Å². The van der Waals surface area contributed by atoms with Crippen molar-refractivity contribution in [2.45, 2.75) is 58.0 Å². The van der Waals surface area contributed by atoms with Crippen LogP contribution in [0.25, 0.3) is 0 Å². The summed E-state index contributed by atoms with van der Waals surface area (Å²) >= 11 is 3.52. The van der Waals surface area contributed by atoms with E-state index in [1.54, 1.807) is 0 Å². The van der Waals surface area contributed by atoms with E-state index in [0.29, 0.717) is 6.04 Å². The molecule has 0 amide bonds. The highest BCUT2D eigenvalue weighted by Crippen LogP contribution is 2.24. The quantitative estimate of drug-likeness (QED) is 0.761. The third-order valence-electron chi connectivity index (χ3n) is 4.65. The summed E-state index contributed by atoms with van der Waals surface area (Å²) in [7, 11) is 0. The van der Waals surface area contributed by atoms with Crippen LogP contribution in [0.3, 0.4) is 0 Å². The molecular weight excluding hydrogens is 324 g/mol. The molecule has 1 aromatic carbocycles. The first-order chi connectivity index (χ1) is 10.2. The van der Waals surface area contributed by atoms with Crippen LogP contribution in [0.4, 0.5) is 0 Å². The molecule has 1 saturated heterocycles. The Morgan fingerprint density at radius 3 is 2.67 bits per heavy atom. The van der Waals surface area contributed by atoms with Crippen LogP contribution in [0.5, 0.6) is 0 Å². The van der Waals surface area contributed by atoms with Gasteiger partial charge in [0.2, 0.25) is 0 Å². The molecule has 2 atom stereocenters. The van der Waals surface area contributed by atoms with E-state index in [2.05, 4.69) is 64.3 Å². The van der Waals surface area contributed by atoms with E-state index in [-0.39, 0.29) is 0 Å². The first-order valence-corrected chi connectivity index (χ1v) is 9.26. The van der Waals surface area contributed by atoms with Gasteiger partial charge in [0, 0.05) is 23.1 Å². The van der Waals surface area contributed by atoms with Gasteiger partial charge in [-0.25, -0.2) is 0 Å². The summed E-state index contributed by atoms with van der Waals surface area (Å²) in [5, 5.41) is 3.65. The Labute approximate surface area is 138 Å². The van der Waals surface area contributed by atoms with Gasteiger partial charge in [-0.2, -0.15) is 0 Å². The van der Waals surface area contributed by atoms with Crippen molar-refractivity contribution < 1.29 is 0 Å². The lowest BCUT2D eigenvalue weighted by molar-refractivity contribution is 0.137. The molecule has 2 unspecified atom stereocenters. The Kier molecular flexibility index (Phi) is 7.21. The van der Waals surface area contributed by atoms with E-state index in [1.165, 1.54) is 50.8 Å². The Bertz CT molecular complexity index is 404. The third-order valence-corrected chi connectivity index (χ3v) is 5.18. The summed E-state index contributed by atoms with van der Waals surface area (Å²) in [5.74, 6) is 0. The summed E-state index contributed by atoms with van der Waals surface area (Å²) in [5.41, 5.74) is 1.41. The highest BCUT2D eigenvalue weighted by atomic mass is 79.9. The lowest BCUT2D eigenvalue weighted by Crippen LogP contribution is -2.40. The van der Waals surface area contributed by atoms with Crippen molar-refractivity contribution in [3.05, 3.63) is 34.3 Å². The van der Waals surface area contributed by atoms with Crippen LogP contribution in [-0.2, 0) is 0 Å². The van der Waals surface area contributed by atoms with Gasteiger partial charge in [-0.05, 0) is 56.5 Å². The summed E-state index contributed by atoms with van der Waals surface area (Å²) in [6.07, 6.45) is 6.68. The SMILES string of the molecule is CCNC(CCN1CCCCC1CC)c1ccc(Br)cc1. The molecule has 0 spiro atoms. The van der Waals surface area contributed by atoms with Crippen LogP contribution in [0, 0.1) is 0 Å². The zero-order chi connectivity index (χ0) is 15.1. The second kappa shape index (κ2) is 8.92. The first kappa shape index (κ1) is 17.0. The van der Waals surface area contributed by atoms with Gasteiger partial charge in [0.15, 0.2) is 0 Å². The predicted octanol–water partition coefficient (Wildman–Crippen LogP) is 4.75. The van der Waals surface area contributed by atoms with Crippen molar-refractivity contribution in [3.63, 3.8) is 0 Å². The lowest BCUT2D eigenvalue weighted by Gasteiger charge is -2.36. The number of benzene rings is 1. The number of nitrogens with one attached hydrogen (secondary N) is 1. The number of hydrogen-bond donors (Lipinski definition) is 1. The van der Waals surface area contributed by atoms with Crippen LogP contribution in [-0.4, -0.2) is 30.6 Å². The molecule has 0 radical (unpaired) electrons. The highest BCUT2D eigenvalue weighted by Gasteiger charge is 2.21. The largest absolute Gasteiger partial charge is 0.310 e. The maximum atomic E-state index is 3.65. The second-order valence-corrected chi connectivity index (χ2v) is 6.96. The maximum absolute atomic E-state index is 3.65. The maximum Gasteiger partial charge on any atom is 0.0332 e. The fourth-order valence-electron chi connectivity index (χ4n) is 3.44.